The maximum absolute atomic E-state index is 5.29. The largest absolute Gasteiger partial charge is 0.325 e. The van der Waals surface area contributed by atoms with Crippen LogP contribution < -0.4 is 5.73 Å². The normalized spacial score (nSPS) is 7.90. The summed E-state index contributed by atoms with van der Waals surface area (Å²) in [5.74, 6) is 0. The fourth-order valence-electron chi connectivity index (χ4n) is 0.519. The molecule has 0 aliphatic carbocycles. The number of pyridine rings is 1. The molecule has 58 valence electrons. The molecule has 0 amide bonds. The Morgan fingerprint density at radius 3 is 2.50 bits per heavy atom. The fourth-order valence-corrected chi connectivity index (χ4v) is 0.519. The van der Waals surface area contributed by atoms with Crippen LogP contribution >= 0.6 is 0 Å². The van der Waals surface area contributed by atoms with E-state index < -0.39 is 0 Å². The van der Waals surface area contributed by atoms with Gasteiger partial charge in [0.05, 0.1) is 5.69 Å². The molecule has 0 saturated heterocycles. The van der Waals surface area contributed by atoms with Crippen molar-refractivity contribution in [2.75, 3.05) is 0 Å². The highest BCUT2D eigenvalue weighted by molar-refractivity contribution is 5.02. The molecule has 2 N–H and O–H groups in total. The number of hydrogen-bond acceptors (Lipinski definition) is 2. The maximum Gasteiger partial charge on any atom is 0.0539 e. The number of nitrogens with two attached hydrogens (primary N) is 1. The second kappa shape index (κ2) is 6.23. The van der Waals surface area contributed by atoms with E-state index in [9.17, 15) is 0 Å². The van der Waals surface area contributed by atoms with Gasteiger partial charge in [0.25, 0.3) is 0 Å². The Morgan fingerprint density at radius 1 is 1.50 bits per heavy atom. The Labute approximate surface area is 63.6 Å². The van der Waals surface area contributed by atoms with Gasteiger partial charge in [0.15, 0.2) is 0 Å². The standard InChI is InChI=1S/C6H8N2.C2H6.H2/c7-5-6-3-1-2-4-8-6;1-2;/h1-4H,5,7H2;1-2H3;1H. The van der Waals surface area contributed by atoms with Gasteiger partial charge in [-0.3, -0.25) is 4.98 Å². The van der Waals surface area contributed by atoms with Crippen molar-refractivity contribution in [2.45, 2.75) is 20.4 Å². The molecule has 0 spiro atoms. The van der Waals surface area contributed by atoms with Crippen LogP contribution in [0.25, 0.3) is 0 Å². The van der Waals surface area contributed by atoms with Gasteiger partial charge in [-0.05, 0) is 12.1 Å². The van der Waals surface area contributed by atoms with E-state index in [4.69, 9.17) is 5.73 Å². The summed E-state index contributed by atoms with van der Waals surface area (Å²) in [5.41, 5.74) is 6.22. The molecule has 0 aliphatic heterocycles. The lowest BCUT2D eigenvalue weighted by atomic mass is 10.4. The zero-order valence-electron chi connectivity index (χ0n) is 6.54. The zero-order valence-corrected chi connectivity index (χ0v) is 6.54. The summed E-state index contributed by atoms with van der Waals surface area (Å²) in [6, 6.07) is 5.70. The van der Waals surface area contributed by atoms with Crippen molar-refractivity contribution >= 4 is 0 Å². The highest BCUT2D eigenvalue weighted by Gasteiger charge is 1.81. The summed E-state index contributed by atoms with van der Waals surface area (Å²) in [7, 11) is 0. The molecular formula is C8H16N2. The fraction of sp³-hybridized carbons (Fsp3) is 0.375. The SMILES string of the molecule is CC.NCc1ccccn1.[HH]. The average molecular weight is 140 g/mol. The Bertz CT molecular complexity index is 153. The smallest absolute Gasteiger partial charge is 0.0539 e. The van der Waals surface area contributed by atoms with E-state index in [1.54, 1.807) is 6.20 Å². The van der Waals surface area contributed by atoms with Crippen LogP contribution in [0.2, 0.25) is 0 Å². The lowest BCUT2D eigenvalue weighted by Crippen LogP contribution is -1.97. The average Bonchev–Trinajstić information content (AvgIpc) is 2.10. The highest BCUT2D eigenvalue weighted by Crippen LogP contribution is 1.88. The van der Waals surface area contributed by atoms with Gasteiger partial charge < -0.3 is 5.73 Å². The first-order valence-electron chi connectivity index (χ1n) is 3.53. The van der Waals surface area contributed by atoms with E-state index in [2.05, 4.69) is 4.98 Å². The molecule has 0 aromatic carbocycles. The van der Waals surface area contributed by atoms with E-state index >= 15 is 0 Å². The minimum atomic E-state index is 0. The molecule has 0 aliphatic rings. The highest BCUT2D eigenvalue weighted by atomic mass is 14.7. The van der Waals surface area contributed by atoms with Crippen LogP contribution in [0.15, 0.2) is 24.4 Å². The summed E-state index contributed by atoms with van der Waals surface area (Å²) < 4.78 is 0. The van der Waals surface area contributed by atoms with Gasteiger partial charge in [0.1, 0.15) is 0 Å². The van der Waals surface area contributed by atoms with Gasteiger partial charge in [-0.2, -0.15) is 0 Å². The van der Waals surface area contributed by atoms with Crippen LogP contribution in [0.5, 0.6) is 0 Å². The van der Waals surface area contributed by atoms with E-state index in [1.165, 1.54) is 0 Å². The van der Waals surface area contributed by atoms with E-state index in [-0.39, 0.29) is 1.43 Å². The van der Waals surface area contributed by atoms with Crippen LogP contribution in [0, 0.1) is 0 Å². The lowest BCUT2D eigenvalue weighted by molar-refractivity contribution is 0.991. The van der Waals surface area contributed by atoms with Crippen molar-refractivity contribution in [3.05, 3.63) is 30.1 Å². The van der Waals surface area contributed by atoms with Crippen LogP contribution in [-0.2, 0) is 6.54 Å². The topological polar surface area (TPSA) is 38.9 Å². The van der Waals surface area contributed by atoms with Gasteiger partial charge >= 0.3 is 0 Å². The van der Waals surface area contributed by atoms with Gasteiger partial charge in [-0.15, -0.1) is 0 Å². The zero-order chi connectivity index (χ0) is 7.82. The summed E-state index contributed by atoms with van der Waals surface area (Å²) >= 11 is 0. The molecular weight excluding hydrogens is 124 g/mol. The molecule has 1 aromatic heterocycles. The molecule has 0 unspecified atom stereocenters. The number of aromatic nitrogens is 1. The molecule has 10 heavy (non-hydrogen) atoms. The molecule has 2 heteroatoms. The minimum absolute atomic E-state index is 0. The Hall–Kier alpha value is -0.890. The Morgan fingerprint density at radius 2 is 2.20 bits per heavy atom. The van der Waals surface area contributed by atoms with Crippen molar-refractivity contribution in [3.8, 4) is 0 Å². The van der Waals surface area contributed by atoms with Crippen molar-refractivity contribution in [1.29, 1.82) is 0 Å². The van der Waals surface area contributed by atoms with Crippen LogP contribution in [0.4, 0.5) is 0 Å². The van der Waals surface area contributed by atoms with E-state index in [0.29, 0.717) is 6.54 Å². The van der Waals surface area contributed by atoms with Crippen molar-refractivity contribution in [1.82, 2.24) is 4.98 Å². The molecule has 0 atom stereocenters. The second-order valence-electron chi connectivity index (χ2n) is 1.53. The molecule has 1 rings (SSSR count). The maximum atomic E-state index is 5.29. The summed E-state index contributed by atoms with van der Waals surface area (Å²) in [4.78, 5) is 3.97. The van der Waals surface area contributed by atoms with Crippen molar-refractivity contribution in [2.24, 2.45) is 5.73 Å². The van der Waals surface area contributed by atoms with Gasteiger partial charge in [0.2, 0.25) is 0 Å². The predicted molar refractivity (Wildman–Crippen MR) is 45.6 cm³/mol. The summed E-state index contributed by atoms with van der Waals surface area (Å²) in [5, 5.41) is 0. The third-order valence-electron chi connectivity index (χ3n) is 0.935. The Balaban J connectivity index is 0. The van der Waals surface area contributed by atoms with Crippen molar-refractivity contribution in [3.63, 3.8) is 0 Å². The first kappa shape index (κ1) is 9.11. The lowest BCUT2D eigenvalue weighted by Gasteiger charge is -1.89. The molecule has 0 radical (unpaired) electrons. The Kier molecular flexibility index (Phi) is 5.68. The number of nitrogens with zero attached hydrogens (tertiary/aromatic N) is 1. The van der Waals surface area contributed by atoms with Gasteiger partial charge in [-0.25, -0.2) is 0 Å². The predicted octanol–water partition coefficient (Wildman–Crippen LogP) is 1.81. The van der Waals surface area contributed by atoms with E-state index in [1.807, 2.05) is 32.0 Å². The first-order chi connectivity index (χ1) is 4.93. The monoisotopic (exact) mass is 140 g/mol. The number of hydrogen-bond donors (Lipinski definition) is 1. The first-order valence-corrected chi connectivity index (χ1v) is 3.53. The quantitative estimate of drug-likeness (QED) is 0.646. The molecule has 1 aromatic rings. The molecule has 0 bridgehead atoms. The summed E-state index contributed by atoms with van der Waals surface area (Å²) in [6.45, 7) is 4.53. The molecule has 0 fully saturated rings. The van der Waals surface area contributed by atoms with Crippen LogP contribution in [0.3, 0.4) is 0 Å². The van der Waals surface area contributed by atoms with E-state index in [0.717, 1.165) is 5.69 Å². The van der Waals surface area contributed by atoms with Crippen LogP contribution in [0.1, 0.15) is 21.0 Å². The molecule has 1 heterocycles. The number of rotatable bonds is 1. The molecule has 2 nitrogen and oxygen atoms in total. The van der Waals surface area contributed by atoms with Gasteiger partial charge in [-0.1, -0.05) is 19.9 Å². The minimum Gasteiger partial charge on any atom is -0.325 e. The third kappa shape index (κ3) is 3.20. The van der Waals surface area contributed by atoms with Crippen molar-refractivity contribution < 1.29 is 1.43 Å². The van der Waals surface area contributed by atoms with Gasteiger partial charge in [0, 0.05) is 14.2 Å². The van der Waals surface area contributed by atoms with Crippen LogP contribution in [-0.4, -0.2) is 4.98 Å². The summed E-state index contributed by atoms with van der Waals surface area (Å²) in [6.07, 6.45) is 1.74. The second-order valence-corrected chi connectivity index (χ2v) is 1.53. The third-order valence-corrected chi connectivity index (χ3v) is 0.935. The molecule has 0 saturated carbocycles.